The maximum Gasteiger partial charge on any atom is 0.321 e. The number of hydrogen-bond acceptors (Lipinski definition) is 7. The molecule has 3 amide bonds. The van der Waals surface area contributed by atoms with E-state index in [1.54, 1.807) is 17.6 Å². The average Bonchev–Trinajstić information content (AvgIpc) is 3.03. The number of pyridine rings is 1. The van der Waals surface area contributed by atoms with Gasteiger partial charge in [0.05, 0.1) is 0 Å². The van der Waals surface area contributed by atoms with Gasteiger partial charge in [0.15, 0.2) is 0 Å². The van der Waals surface area contributed by atoms with Crippen molar-refractivity contribution in [3.05, 3.63) is 34.0 Å². The lowest BCUT2D eigenvalue weighted by atomic mass is 9.89. The van der Waals surface area contributed by atoms with Crippen molar-refractivity contribution in [3.8, 4) is 0 Å². The van der Waals surface area contributed by atoms with Crippen LogP contribution in [-0.2, 0) is 5.66 Å². The van der Waals surface area contributed by atoms with E-state index in [1.807, 2.05) is 6.92 Å². The molecule has 2 aromatic heterocycles. The number of urea groups is 1. The first-order valence-corrected chi connectivity index (χ1v) is 10.5. The molecule has 1 fully saturated rings. The highest BCUT2D eigenvalue weighted by atomic mass is 16.2. The van der Waals surface area contributed by atoms with Gasteiger partial charge in [-0.3, -0.25) is 19.5 Å². The highest BCUT2D eigenvalue weighted by Crippen LogP contribution is 2.37. The molecular weight excluding hydrogens is 400 g/mol. The lowest BCUT2D eigenvalue weighted by Crippen LogP contribution is -2.48. The Balaban J connectivity index is 1.64. The van der Waals surface area contributed by atoms with Crippen LogP contribution in [0, 0.1) is 6.92 Å². The molecule has 4 N–H and O–H groups in total. The number of hydrogen-bond donors (Lipinski definition) is 4. The van der Waals surface area contributed by atoms with Gasteiger partial charge in [-0.15, -0.1) is 0 Å². The molecular formula is C20H26N8O3. The number of aryl methyl sites for hydroxylation is 1. The number of nitrogens with zero attached hydrogens (tertiary/aromatic N) is 4. The summed E-state index contributed by atoms with van der Waals surface area (Å²) in [6.45, 7) is 4.28. The molecule has 0 unspecified atom stereocenters. The molecule has 1 aliphatic carbocycles. The van der Waals surface area contributed by atoms with Crippen molar-refractivity contribution in [1.29, 1.82) is 0 Å². The van der Waals surface area contributed by atoms with Crippen molar-refractivity contribution in [2.75, 3.05) is 17.2 Å². The molecule has 11 nitrogen and oxygen atoms in total. The number of carbonyl (C=O) groups excluding carboxylic acids is 2. The molecule has 1 saturated carbocycles. The second kappa shape index (κ2) is 8.32. The molecule has 0 bridgehead atoms. The van der Waals surface area contributed by atoms with Gasteiger partial charge >= 0.3 is 6.03 Å². The summed E-state index contributed by atoms with van der Waals surface area (Å²) in [4.78, 5) is 50.0. The van der Waals surface area contributed by atoms with E-state index >= 15 is 0 Å². The number of anilines is 3. The fourth-order valence-corrected chi connectivity index (χ4v) is 4.26. The standard InChI is InChI=1S/C20H26N8O3/c1-3-9-21-19(31)26-18-23-11-22-17(25-18)24-13-10-12(2)14-15(29)27-20(28(14)16(13)30)7-5-4-6-8-20/h10-11H,3-9H2,1-2H3,(H,27,29)(H3,21,22,23,24,25,26,31). The summed E-state index contributed by atoms with van der Waals surface area (Å²) in [5.74, 6) is -0.0368. The van der Waals surface area contributed by atoms with Crippen molar-refractivity contribution in [3.63, 3.8) is 0 Å². The van der Waals surface area contributed by atoms with Crippen LogP contribution >= 0.6 is 0 Å². The molecule has 0 radical (unpaired) electrons. The predicted molar refractivity (Wildman–Crippen MR) is 114 cm³/mol. The van der Waals surface area contributed by atoms with Gasteiger partial charge in [0.25, 0.3) is 11.5 Å². The molecule has 3 heterocycles. The summed E-state index contributed by atoms with van der Waals surface area (Å²) in [7, 11) is 0. The average molecular weight is 426 g/mol. The number of amides is 3. The quantitative estimate of drug-likeness (QED) is 0.572. The van der Waals surface area contributed by atoms with Crippen LogP contribution in [0.15, 0.2) is 17.2 Å². The van der Waals surface area contributed by atoms with E-state index in [2.05, 4.69) is 36.2 Å². The minimum Gasteiger partial charge on any atom is -0.338 e. The molecule has 1 aliphatic heterocycles. The van der Waals surface area contributed by atoms with Gasteiger partial charge in [0.2, 0.25) is 11.9 Å². The lowest BCUT2D eigenvalue weighted by Gasteiger charge is -2.35. The van der Waals surface area contributed by atoms with Gasteiger partial charge in [0.1, 0.15) is 23.4 Å². The molecule has 0 aromatic carbocycles. The Hall–Kier alpha value is -3.50. The lowest BCUT2D eigenvalue weighted by molar-refractivity contribution is 0.0876. The van der Waals surface area contributed by atoms with Crippen LogP contribution in [0.3, 0.4) is 0 Å². The highest BCUT2D eigenvalue weighted by Gasteiger charge is 2.45. The van der Waals surface area contributed by atoms with Gasteiger partial charge in [-0.1, -0.05) is 13.3 Å². The fourth-order valence-electron chi connectivity index (χ4n) is 4.26. The fraction of sp³-hybridized carbons (Fsp3) is 0.500. The van der Waals surface area contributed by atoms with Crippen LogP contribution in [-0.4, -0.2) is 38.0 Å². The summed E-state index contributed by atoms with van der Waals surface area (Å²) in [6, 6.07) is 1.21. The highest BCUT2D eigenvalue weighted by molar-refractivity contribution is 5.97. The zero-order valence-corrected chi connectivity index (χ0v) is 17.6. The van der Waals surface area contributed by atoms with Gasteiger partial charge in [-0.2, -0.15) is 4.98 Å². The topological polar surface area (TPSA) is 143 Å². The van der Waals surface area contributed by atoms with Crippen LogP contribution in [0.2, 0.25) is 0 Å². The first-order chi connectivity index (χ1) is 14.9. The zero-order chi connectivity index (χ0) is 22.0. The normalized spacial score (nSPS) is 16.5. The van der Waals surface area contributed by atoms with Gasteiger partial charge in [-0.05, 0) is 50.7 Å². The van der Waals surface area contributed by atoms with E-state index in [0.29, 0.717) is 17.8 Å². The summed E-state index contributed by atoms with van der Waals surface area (Å²) >= 11 is 0. The van der Waals surface area contributed by atoms with Gasteiger partial charge < -0.3 is 16.0 Å². The van der Waals surface area contributed by atoms with E-state index in [9.17, 15) is 14.4 Å². The van der Waals surface area contributed by atoms with E-state index < -0.39 is 11.7 Å². The smallest absolute Gasteiger partial charge is 0.321 e. The SMILES string of the molecule is CCCNC(=O)Nc1ncnc(Nc2cc(C)c3n(c2=O)C2(CCCCC2)NC3=O)n1. The summed E-state index contributed by atoms with van der Waals surface area (Å²) < 4.78 is 1.60. The Bertz CT molecular complexity index is 1070. The van der Waals surface area contributed by atoms with Gasteiger partial charge in [-0.25, -0.2) is 14.8 Å². The molecule has 11 heteroatoms. The third-order valence-electron chi connectivity index (χ3n) is 5.64. The zero-order valence-electron chi connectivity index (χ0n) is 17.6. The first-order valence-electron chi connectivity index (χ1n) is 10.5. The van der Waals surface area contributed by atoms with Crippen molar-refractivity contribution in [1.82, 2.24) is 30.2 Å². The summed E-state index contributed by atoms with van der Waals surface area (Å²) in [5.41, 5.74) is 0.371. The second-order valence-corrected chi connectivity index (χ2v) is 7.92. The predicted octanol–water partition coefficient (Wildman–Crippen LogP) is 1.98. The molecule has 1 spiro atoms. The van der Waals surface area contributed by atoms with E-state index in [-0.39, 0.29) is 29.1 Å². The van der Waals surface area contributed by atoms with Crippen LogP contribution in [0.25, 0.3) is 0 Å². The van der Waals surface area contributed by atoms with Crippen LogP contribution in [0.4, 0.5) is 22.4 Å². The second-order valence-electron chi connectivity index (χ2n) is 7.92. The largest absolute Gasteiger partial charge is 0.338 e. The van der Waals surface area contributed by atoms with Crippen molar-refractivity contribution in [2.24, 2.45) is 0 Å². The molecule has 0 atom stereocenters. The number of aromatic nitrogens is 4. The Kier molecular flexibility index (Phi) is 5.57. The van der Waals surface area contributed by atoms with Crippen LogP contribution < -0.4 is 26.8 Å². The Morgan fingerprint density at radius 1 is 1.19 bits per heavy atom. The van der Waals surface area contributed by atoms with E-state index in [4.69, 9.17) is 0 Å². The van der Waals surface area contributed by atoms with Gasteiger partial charge in [0, 0.05) is 6.54 Å². The van der Waals surface area contributed by atoms with Crippen molar-refractivity contribution < 1.29 is 9.59 Å². The van der Waals surface area contributed by atoms with Crippen LogP contribution in [0.1, 0.15) is 61.5 Å². The Labute approximate surface area is 179 Å². The molecule has 0 saturated heterocycles. The third-order valence-corrected chi connectivity index (χ3v) is 5.64. The maximum absolute atomic E-state index is 13.4. The first kappa shape index (κ1) is 20.8. The summed E-state index contributed by atoms with van der Waals surface area (Å²) in [5, 5.41) is 11.2. The van der Waals surface area contributed by atoms with Crippen molar-refractivity contribution >= 4 is 29.5 Å². The number of fused-ring (bicyclic) bond motifs is 2. The third kappa shape index (κ3) is 3.94. The van der Waals surface area contributed by atoms with E-state index in [1.165, 1.54) is 6.33 Å². The number of carbonyl (C=O) groups is 2. The monoisotopic (exact) mass is 426 g/mol. The molecule has 2 aromatic rings. The Morgan fingerprint density at radius 2 is 1.94 bits per heavy atom. The molecule has 4 rings (SSSR count). The maximum atomic E-state index is 13.4. The number of rotatable bonds is 5. The van der Waals surface area contributed by atoms with Crippen LogP contribution in [0.5, 0.6) is 0 Å². The molecule has 164 valence electrons. The number of nitrogens with one attached hydrogen (secondary N) is 4. The Morgan fingerprint density at radius 3 is 2.68 bits per heavy atom. The molecule has 31 heavy (non-hydrogen) atoms. The minimum absolute atomic E-state index is 0.0599. The summed E-state index contributed by atoms with van der Waals surface area (Å²) in [6.07, 6.45) is 6.48. The van der Waals surface area contributed by atoms with Crippen molar-refractivity contribution in [2.45, 2.75) is 58.0 Å². The minimum atomic E-state index is -0.673. The molecule has 2 aliphatic rings. The van der Waals surface area contributed by atoms with E-state index in [0.717, 1.165) is 38.5 Å².